The number of anilines is 2. The number of aliphatic carboxylic acids is 1. The van der Waals surface area contributed by atoms with Crippen LogP contribution in [-0.2, 0) is 27.6 Å². The van der Waals surface area contributed by atoms with Crippen LogP contribution in [0.4, 0.5) is 16.3 Å². The molecule has 2 aliphatic rings. The van der Waals surface area contributed by atoms with Gasteiger partial charge in [-0.05, 0) is 49.8 Å². The quantitative estimate of drug-likeness (QED) is 0.306. The molecule has 2 aromatic heterocycles. The van der Waals surface area contributed by atoms with E-state index in [-0.39, 0.29) is 37.0 Å². The summed E-state index contributed by atoms with van der Waals surface area (Å²) in [4.78, 5) is 49.4. The molecule has 1 aliphatic heterocycles. The molecule has 1 unspecified atom stereocenters. The van der Waals surface area contributed by atoms with Crippen LogP contribution < -0.4 is 31.8 Å². The van der Waals surface area contributed by atoms with Gasteiger partial charge in [0.05, 0.1) is 17.2 Å². The fourth-order valence-electron chi connectivity index (χ4n) is 5.52. The van der Waals surface area contributed by atoms with Gasteiger partial charge in [-0.2, -0.15) is 0 Å². The predicted molar refractivity (Wildman–Crippen MR) is 158 cm³/mol. The third-order valence-electron chi connectivity index (χ3n) is 7.94. The van der Waals surface area contributed by atoms with Gasteiger partial charge in [0.25, 0.3) is 5.56 Å². The lowest BCUT2D eigenvalue weighted by molar-refractivity contribution is -0.149. The lowest BCUT2D eigenvalue weighted by atomic mass is 10.0. The molecule has 3 heterocycles. The Morgan fingerprint density at radius 1 is 1.14 bits per heavy atom. The molecule has 3 N–H and O–H groups in total. The van der Waals surface area contributed by atoms with E-state index in [2.05, 4.69) is 26.6 Å². The van der Waals surface area contributed by atoms with Crippen LogP contribution in [-0.4, -0.2) is 68.4 Å². The summed E-state index contributed by atoms with van der Waals surface area (Å²) >= 11 is 0. The van der Waals surface area contributed by atoms with E-state index >= 15 is 0 Å². The first-order valence-electron chi connectivity index (χ1n) is 14.4. The number of fused-ring (bicyclic) bond motifs is 1. The minimum Gasteiger partial charge on any atom is -0.481 e. The summed E-state index contributed by atoms with van der Waals surface area (Å²) in [6, 6.07) is 6.78. The number of carbonyl (C=O) groups excluding carboxylic acids is 1. The number of hydrogen-bond acceptors (Lipinski definition) is 9. The molecule has 0 radical (unpaired) electrons. The lowest BCUT2D eigenvalue weighted by Crippen LogP contribution is -2.46. The zero-order valence-electron chi connectivity index (χ0n) is 24.1. The second kappa shape index (κ2) is 13.2. The number of rotatable bonds is 11. The van der Waals surface area contributed by atoms with Crippen molar-refractivity contribution in [3.63, 3.8) is 0 Å². The molecule has 0 bridgehead atoms. The number of benzene rings is 1. The molecule has 13 heteroatoms. The number of nitrogens with two attached hydrogens (primary N) is 1. The van der Waals surface area contributed by atoms with Gasteiger partial charge in [-0.25, -0.2) is 18.9 Å². The molecular formula is C30H36FN7O5. The molecule has 1 aromatic carbocycles. The largest absolute Gasteiger partial charge is 0.481 e. The maximum absolute atomic E-state index is 13.5. The van der Waals surface area contributed by atoms with Gasteiger partial charge >= 0.3 is 11.9 Å². The molecule has 1 aliphatic carbocycles. The zero-order chi connectivity index (χ0) is 30.5. The summed E-state index contributed by atoms with van der Waals surface area (Å²) in [5.41, 5.74) is 6.36. The molecule has 1 fully saturated rings. The number of carboxylic acids is 1. The first kappa shape index (κ1) is 30.0. The van der Waals surface area contributed by atoms with Gasteiger partial charge in [-0.3, -0.25) is 14.4 Å². The van der Waals surface area contributed by atoms with Gasteiger partial charge < -0.3 is 29.9 Å². The van der Waals surface area contributed by atoms with E-state index in [0.717, 1.165) is 61.0 Å². The number of nitrogens with zero attached hydrogens (tertiary/aromatic N) is 6. The van der Waals surface area contributed by atoms with Crippen molar-refractivity contribution in [2.45, 2.75) is 63.9 Å². The monoisotopic (exact) mass is 593 g/mol. The summed E-state index contributed by atoms with van der Waals surface area (Å²) in [7, 11) is 1.86. The van der Waals surface area contributed by atoms with Gasteiger partial charge in [0.1, 0.15) is 11.9 Å². The van der Waals surface area contributed by atoms with Crippen molar-refractivity contribution >= 4 is 36.0 Å². The SMILES string of the molecule is CN(c1nccc(=O)n1COC(=O)C(N)CCC(=O)O)C1CCN(c2nc3c(n2Cc2ccc(F)cc2)=CCCC=3)CC1. The smallest absolute Gasteiger partial charge is 0.324 e. The van der Waals surface area contributed by atoms with Gasteiger partial charge in [-0.1, -0.05) is 24.3 Å². The highest BCUT2D eigenvalue weighted by atomic mass is 19.1. The van der Waals surface area contributed by atoms with E-state index in [1.807, 2.05) is 11.9 Å². The maximum Gasteiger partial charge on any atom is 0.324 e. The van der Waals surface area contributed by atoms with E-state index in [1.54, 1.807) is 12.1 Å². The van der Waals surface area contributed by atoms with Crippen LogP contribution in [0.3, 0.4) is 0 Å². The Kier molecular flexibility index (Phi) is 9.19. The summed E-state index contributed by atoms with van der Waals surface area (Å²) in [5.74, 6) is -0.873. The van der Waals surface area contributed by atoms with E-state index in [0.29, 0.717) is 12.5 Å². The summed E-state index contributed by atoms with van der Waals surface area (Å²) in [6.45, 7) is 1.64. The van der Waals surface area contributed by atoms with Gasteiger partial charge in [0.2, 0.25) is 11.9 Å². The molecule has 1 atom stereocenters. The van der Waals surface area contributed by atoms with E-state index in [4.69, 9.17) is 20.6 Å². The second-order valence-electron chi connectivity index (χ2n) is 10.9. The number of halogens is 1. The Labute approximate surface area is 247 Å². The molecule has 12 nitrogen and oxygen atoms in total. The molecule has 3 aromatic rings. The number of carboxylic acid groups (broad SMARTS) is 1. The molecule has 0 saturated carbocycles. The Balaban J connectivity index is 1.28. The fourth-order valence-corrected chi connectivity index (χ4v) is 5.52. The van der Waals surface area contributed by atoms with Gasteiger partial charge in [0, 0.05) is 44.9 Å². The van der Waals surface area contributed by atoms with Crippen LogP contribution in [0.15, 0.2) is 41.3 Å². The standard InChI is InChI=1S/C30H36FN7O5/c1-35(29-33-15-12-26(39)38(29)19-43-28(42)23(32)10-11-27(40)41)22-13-16-36(17-14-22)30-34-24-4-2-3-5-25(24)37(30)18-20-6-8-21(31)9-7-20/h4-9,12,15,22-23H,2-3,10-11,13-14,16-19,32H2,1H3,(H,40,41). The van der Waals surface area contributed by atoms with Crippen molar-refractivity contribution in [2.75, 3.05) is 29.9 Å². The Morgan fingerprint density at radius 2 is 1.86 bits per heavy atom. The highest BCUT2D eigenvalue weighted by Crippen LogP contribution is 2.23. The second-order valence-corrected chi connectivity index (χ2v) is 10.9. The highest BCUT2D eigenvalue weighted by molar-refractivity contribution is 5.76. The minimum absolute atomic E-state index is 0.0542. The molecule has 0 spiro atoms. The third kappa shape index (κ3) is 6.94. The fraction of sp³-hybridized carbons (Fsp3) is 0.433. The third-order valence-corrected chi connectivity index (χ3v) is 7.94. The van der Waals surface area contributed by atoms with Crippen molar-refractivity contribution in [3.8, 4) is 0 Å². The van der Waals surface area contributed by atoms with Crippen molar-refractivity contribution in [2.24, 2.45) is 5.73 Å². The Hall–Kier alpha value is -4.52. The van der Waals surface area contributed by atoms with Crippen LogP contribution in [0.1, 0.15) is 44.1 Å². The molecule has 1 saturated heterocycles. The Bertz CT molecular complexity index is 1640. The average Bonchev–Trinajstić information content (AvgIpc) is 3.38. The number of piperidine rings is 1. The summed E-state index contributed by atoms with van der Waals surface area (Å²) in [6.07, 6.45) is 8.89. The lowest BCUT2D eigenvalue weighted by Gasteiger charge is -2.38. The van der Waals surface area contributed by atoms with Crippen molar-refractivity contribution in [1.82, 2.24) is 19.1 Å². The zero-order valence-corrected chi connectivity index (χ0v) is 24.1. The molecular weight excluding hydrogens is 557 g/mol. The summed E-state index contributed by atoms with van der Waals surface area (Å²) < 4.78 is 22.3. The molecule has 5 rings (SSSR count). The average molecular weight is 594 g/mol. The predicted octanol–water partition coefficient (Wildman–Crippen LogP) is 0.780. The van der Waals surface area contributed by atoms with Crippen LogP contribution in [0.5, 0.6) is 0 Å². The summed E-state index contributed by atoms with van der Waals surface area (Å²) in [5, 5.41) is 10.9. The molecule has 43 heavy (non-hydrogen) atoms. The van der Waals surface area contributed by atoms with Crippen LogP contribution >= 0.6 is 0 Å². The number of aromatic nitrogens is 4. The van der Waals surface area contributed by atoms with Crippen LogP contribution in [0.25, 0.3) is 12.2 Å². The Morgan fingerprint density at radius 3 is 2.58 bits per heavy atom. The molecule has 0 amide bonds. The highest BCUT2D eigenvalue weighted by Gasteiger charge is 2.28. The van der Waals surface area contributed by atoms with Crippen molar-refractivity contribution < 1.29 is 23.8 Å². The van der Waals surface area contributed by atoms with Crippen molar-refractivity contribution in [1.29, 1.82) is 0 Å². The van der Waals surface area contributed by atoms with Crippen LogP contribution in [0, 0.1) is 5.82 Å². The number of carbonyl (C=O) groups is 2. The van der Waals surface area contributed by atoms with Crippen LogP contribution in [0.2, 0.25) is 0 Å². The van der Waals surface area contributed by atoms with Gasteiger partial charge in [-0.15, -0.1) is 0 Å². The molecule has 228 valence electrons. The minimum atomic E-state index is -1.11. The topological polar surface area (TPSA) is 149 Å². The number of ether oxygens (including phenoxy) is 1. The first-order valence-corrected chi connectivity index (χ1v) is 14.4. The van der Waals surface area contributed by atoms with Gasteiger partial charge in [0.15, 0.2) is 6.73 Å². The maximum atomic E-state index is 13.5. The first-order chi connectivity index (χ1) is 20.7. The van der Waals surface area contributed by atoms with E-state index in [1.165, 1.54) is 29.0 Å². The van der Waals surface area contributed by atoms with Crippen molar-refractivity contribution in [3.05, 3.63) is 69.0 Å². The number of hydrogen-bond donors (Lipinski definition) is 2. The van der Waals surface area contributed by atoms with E-state index in [9.17, 15) is 18.8 Å². The normalized spacial score (nSPS) is 15.7. The van der Waals surface area contributed by atoms with E-state index < -0.39 is 18.0 Å². The number of imidazole rings is 1. The number of esters is 1.